The molecule has 0 bridgehead atoms. The molecule has 2 heterocycles. The molecule has 0 radical (unpaired) electrons. The van der Waals surface area contributed by atoms with Gasteiger partial charge in [0, 0.05) is 30.6 Å². The monoisotopic (exact) mass is 305 g/mol. The number of carbonyl (C=O) groups excluding carboxylic acids is 1. The Bertz CT molecular complexity index is 522. The summed E-state index contributed by atoms with van der Waals surface area (Å²) in [6.07, 6.45) is 4.43. The van der Waals surface area contributed by atoms with Crippen LogP contribution in [-0.4, -0.2) is 41.1 Å². The van der Waals surface area contributed by atoms with Gasteiger partial charge in [0.2, 0.25) is 0 Å². The molecule has 0 spiro atoms. The molecule has 3 rings (SSSR count). The van der Waals surface area contributed by atoms with Crippen LogP contribution in [0.1, 0.15) is 68.6 Å². The smallest absolute Gasteiger partial charge is 0.273 e. The van der Waals surface area contributed by atoms with Crippen molar-refractivity contribution in [2.45, 2.75) is 64.5 Å². The van der Waals surface area contributed by atoms with Gasteiger partial charge < -0.3 is 14.7 Å². The molecule has 2 aliphatic rings. The maximum atomic E-state index is 12.4. The van der Waals surface area contributed by atoms with E-state index in [9.17, 15) is 4.79 Å². The highest BCUT2D eigenvalue weighted by molar-refractivity contribution is 5.92. The lowest BCUT2D eigenvalue weighted by Crippen LogP contribution is -2.40. The number of rotatable bonds is 4. The minimum Gasteiger partial charge on any atom is -0.360 e. The molecular weight excluding hydrogens is 278 g/mol. The Balaban J connectivity index is 1.59. The number of aromatic nitrogens is 1. The first-order chi connectivity index (χ1) is 10.5. The molecule has 2 atom stereocenters. The van der Waals surface area contributed by atoms with Crippen molar-refractivity contribution in [3.05, 3.63) is 17.5 Å². The highest BCUT2D eigenvalue weighted by atomic mass is 16.5. The van der Waals surface area contributed by atoms with Gasteiger partial charge >= 0.3 is 0 Å². The van der Waals surface area contributed by atoms with E-state index in [0.29, 0.717) is 23.6 Å². The predicted molar refractivity (Wildman–Crippen MR) is 84.8 cm³/mol. The third-order valence-corrected chi connectivity index (χ3v) is 5.07. The zero-order valence-electron chi connectivity index (χ0n) is 13.8. The van der Waals surface area contributed by atoms with Crippen molar-refractivity contribution in [3.63, 3.8) is 0 Å². The average Bonchev–Trinajstić information content (AvgIpc) is 3.24. The quantitative estimate of drug-likeness (QED) is 0.929. The molecule has 122 valence electrons. The Kier molecular flexibility index (Phi) is 4.52. The molecule has 1 amide bonds. The van der Waals surface area contributed by atoms with Crippen LogP contribution in [-0.2, 0) is 0 Å². The summed E-state index contributed by atoms with van der Waals surface area (Å²) in [5, 5.41) is 7.11. The summed E-state index contributed by atoms with van der Waals surface area (Å²) in [4.78, 5) is 14.9. The van der Waals surface area contributed by atoms with Gasteiger partial charge in [-0.25, -0.2) is 0 Å². The molecule has 1 saturated heterocycles. The van der Waals surface area contributed by atoms with Crippen molar-refractivity contribution in [2.24, 2.45) is 5.92 Å². The number of nitrogens with one attached hydrogen (secondary N) is 1. The van der Waals surface area contributed by atoms with Crippen molar-refractivity contribution >= 4 is 5.91 Å². The normalized spacial score (nSPS) is 26.9. The second-order valence-electron chi connectivity index (χ2n) is 7.15. The largest absolute Gasteiger partial charge is 0.360 e. The second kappa shape index (κ2) is 6.41. The number of amides is 1. The fraction of sp³-hybridized carbons (Fsp3) is 0.765. The second-order valence-corrected chi connectivity index (χ2v) is 7.15. The molecule has 22 heavy (non-hydrogen) atoms. The van der Waals surface area contributed by atoms with Crippen molar-refractivity contribution in [1.82, 2.24) is 15.4 Å². The summed E-state index contributed by atoms with van der Waals surface area (Å²) in [6.45, 7) is 8.85. The van der Waals surface area contributed by atoms with Gasteiger partial charge in [0.25, 0.3) is 5.91 Å². The van der Waals surface area contributed by atoms with Gasteiger partial charge in [-0.05, 0) is 52.0 Å². The summed E-state index contributed by atoms with van der Waals surface area (Å²) in [5.41, 5.74) is 0.430. The SMILES string of the molecule is CC(C)N1CC[C@H](C)[C@H](NC(=O)c2cc(C3CC3)on2)CC1. The molecule has 1 aromatic rings. The molecular formula is C17H27N3O2. The van der Waals surface area contributed by atoms with Crippen LogP contribution >= 0.6 is 0 Å². The van der Waals surface area contributed by atoms with E-state index in [-0.39, 0.29) is 11.9 Å². The van der Waals surface area contributed by atoms with Crippen LogP contribution in [0.25, 0.3) is 0 Å². The van der Waals surface area contributed by atoms with Crippen LogP contribution in [0.2, 0.25) is 0 Å². The van der Waals surface area contributed by atoms with E-state index in [2.05, 4.69) is 36.1 Å². The van der Waals surface area contributed by atoms with E-state index in [1.165, 1.54) is 0 Å². The maximum absolute atomic E-state index is 12.4. The lowest BCUT2D eigenvalue weighted by molar-refractivity contribution is 0.0913. The highest BCUT2D eigenvalue weighted by Crippen LogP contribution is 2.40. The summed E-state index contributed by atoms with van der Waals surface area (Å²) >= 11 is 0. The fourth-order valence-corrected chi connectivity index (χ4v) is 3.20. The van der Waals surface area contributed by atoms with Gasteiger partial charge in [-0.15, -0.1) is 0 Å². The predicted octanol–water partition coefficient (Wildman–Crippen LogP) is 2.79. The van der Waals surface area contributed by atoms with Crippen molar-refractivity contribution in [1.29, 1.82) is 0 Å². The Morgan fingerprint density at radius 1 is 1.32 bits per heavy atom. The van der Waals surface area contributed by atoms with Gasteiger partial charge in [0.1, 0.15) is 5.76 Å². The molecule has 1 aromatic heterocycles. The van der Waals surface area contributed by atoms with Crippen LogP contribution in [0, 0.1) is 5.92 Å². The van der Waals surface area contributed by atoms with Crippen molar-refractivity contribution < 1.29 is 9.32 Å². The number of hydrogen-bond acceptors (Lipinski definition) is 4. The van der Waals surface area contributed by atoms with Crippen molar-refractivity contribution in [2.75, 3.05) is 13.1 Å². The van der Waals surface area contributed by atoms with E-state index in [4.69, 9.17) is 4.52 Å². The number of carbonyl (C=O) groups is 1. The molecule has 0 unspecified atom stereocenters. The minimum atomic E-state index is -0.0921. The number of likely N-dealkylation sites (tertiary alicyclic amines) is 1. The molecule has 1 saturated carbocycles. The zero-order chi connectivity index (χ0) is 15.7. The van der Waals surface area contributed by atoms with Crippen molar-refractivity contribution in [3.8, 4) is 0 Å². The van der Waals surface area contributed by atoms with E-state index in [0.717, 1.165) is 44.5 Å². The summed E-state index contributed by atoms with van der Waals surface area (Å²) in [7, 11) is 0. The minimum absolute atomic E-state index is 0.0921. The molecule has 5 nitrogen and oxygen atoms in total. The Morgan fingerprint density at radius 3 is 2.73 bits per heavy atom. The Morgan fingerprint density at radius 2 is 2.05 bits per heavy atom. The Hall–Kier alpha value is -1.36. The van der Waals surface area contributed by atoms with Crippen LogP contribution in [0.3, 0.4) is 0 Å². The zero-order valence-corrected chi connectivity index (χ0v) is 13.8. The topological polar surface area (TPSA) is 58.4 Å². The summed E-state index contributed by atoms with van der Waals surface area (Å²) in [5.74, 6) is 1.75. The van der Waals surface area contributed by atoms with Gasteiger partial charge in [-0.2, -0.15) is 0 Å². The first-order valence-corrected chi connectivity index (χ1v) is 8.56. The van der Waals surface area contributed by atoms with Crippen LogP contribution < -0.4 is 5.32 Å². The molecule has 0 aromatic carbocycles. The van der Waals surface area contributed by atoms with E-state index >= 15 is 0 Å². The molecule has 5 heteroatoms. The summed E-state index contributed by atoms with van der Waals surface area (Å²) in [6, 6.07) is 2.60. The van der Waals surface area contributed by atoms with Gasteiger partial charge in [-0.3, -0.25) is 4.79 Å². The number of nitrogens with zero attached hydrogens (tertiary/aromatic N) is 2. The molecule has 1 N–H and O–H groups in total. The maximum Gasteiger partial charge on any atom is 0.273 e. The average molecular weight is 305 g/mol. The van der Waals surface area contributed by atoms with E-state index < -0.39 is 0 Å². The lowest BCUT2D eigenvalue weighted by atomic mass is 9.97. The van der Waals surface area contributed by atoms with E-state index in [1.807, 2.05) is 6.07 Å². The lowest BCUT2D eigenvalue weighted by Gasteiger charge is -2.24. The summed E-state index contributed by atoms with van der Waals surface area (Å²) < 4.78 is 5.28. The molecule has 2 fully saturated rings. The van der Waals surface area contributed by atoms with Gasteiger partial charge in [-0.1, -0.05) is 12.1 Å². The van der Waals surface area contributed by atoms with Gasteiger partial charge in [0.15, 0.2) is 5.69 Å². The van der Waals surface area contributed by atoms with Crippen LogP contribution in [0.15, 0.2) is 10.6 Å². The van der Waals surface area contributed by atoms with Gasteiger partial charge in [0.05, 0.1) is 0 Å². The van der Waals surface area contributed by atoms with Crippen LogP contribution in [0.5, 0.6) is 0 Å². The Labute approximate surface area is 132 Å². The number of hydrogen-bond donors (Lipinski definition) is 1. The standard InChI is InChI=1S/C17H27N3O2/c1-11(2)20-8-6-12(3)14(7-9-20)18-17(21)15-10-16(22-19-15)13-4-5-13/h10-14H,4-9H2,1-3H3,(H,18,21)/t12-,14+/m0/s1. The van der Waals surface area contributed by atoms with E-state index in [1.54, 1.807) is 0 Å². The van der Waals surface area contributed by atoms with Crippen LogP contribution in [0.4, 0.5) is 0 Å². The molecule has 1 aliphatic carbocycles. The molecule has 1 aliphatic heterocycles. The highest BCUT2D eigenvalue weighted by Gasteiger charge is 2.30. The first kappa shape index (κ1) is 15.5. The first-order valence-electron chi connectivity index (χ1n) is 8.56. The third kappa shape index (κ3) is 3.51. The fourth-order valence-electron chi connectivity index (χ4n) is 3.20. The third-order valence-electron chi connectivity index (χ3n) is 5.07.